The van der Waals surface area contributed by atoms with E-state index in [9.17, 15) is 9.59 Å². The summed E-state index contributed by atoms with van der Waals surface area (Å²) < 4.78 is 5.27. The number of benzene rings is 2. The Hall–Kier alpha value is -3.28. The van der Waals surface area contributed by atoms with Crippen molar-refractivity contribution in [2.75, 3.05) is 12.4 Å². The third kappa shape index (κ3) is 3.79. The molecule has 1 aliphatic rings. The number of ether oxygens (including phenoxy) is 1. The van der Waals surface area contributed by atoms with Crippen molar-refractivity contribution in [2.24, 2.45) is 0 Å². The Morgan fingerprint density at radius 2 is 1.85 bits per heavy atom. The Labute approximate surface area is 158 Å². The topological polar surface area (TPSA) is 79.5 Å². The van der Waals surface area contributed by atoms with Crippen molar-refractivity contribution in [1.82, 2.24) is 10.6 Å². The Kier molecular flexibility index (Phi) is 5.16. The number of hydrogen-bond donors (Lipinski definition) is 3. The van der Waals surface area contributed by atoms with Crippen LogP contribution in [0.15, 0.2) is 53.7 Å². The van der Waals surface area contributed by atoms with Gasteiger partial charge < -0.3 is 20.7 Å². The maximum Gasteiger partial charge on any atom is 0.319 e. The molecule has 1 heterocycles. The summed E-state index contributed by atoms with van der Waals surface area (Å²) >= 11 is 0. The van der Waals surface area contributed by atoms with Gasteiger partial charge in [-0.25, -0.2) is 4.79 Å². The summed E-state index contributed by atoms with van der Waals surface area (Å²) in [6.45, 7) is 5.69. The smallest absolute Gasteiger partial charge is 0.319 e. The highest BCUT2D eigenvalue weighted by atomic mass is 16.5. The van der Waals surface area contributed by atoms with Crippen molar-refractivity contribution >= 4 is 17.6 Å². The number of allylic oxidation sites excluding steroid dienone is 1. The van der Waals surface area contributed by atoms with Crippen LogP contribution in [0.1, 0.15) is 29.7 Å². The van der Waals surface area contributed by atoms with E-state index in [0.29, 0.717) is 17.0 Å². The molecule has 0 fully saturated rings. The Morgan fingerprint density at radius 1 is 1.11 bits per heavy atom. The van der Waals surface area contributed by atoms with Crippen molar-refractivity contribution in [1.29, 1.82) is 0 Å². The average Bonchev–Trinajstić information content (AvgIpc) is 2.64. The van der Waals surface area contributed by atoms with E-state index in [-0.39, 0.29) is 11.9 Å². The van der Waals surface area contributed by atoms with E-state index in [1.807, 2.05) is 56.3 Å². The first-order chi connectivity index (χ1) is 12.9. The molecule has 3 N–H and O–H groups in total. The maximum atomic E-state index is 13.1. The van der Waals surface area contributed by atoms with Gasteiger partial charge in [-0.1, -0.05) is 24.3 Å². The predicted octanol–water partition coefficient (Wildman–Crippen LogP) is 3.58. The summed E-state index contributed by atoms with van der Waals surface area (Å²) in [7, 11) is 1.58. The number of amides is 3. The zero-order valence-corrected chi connectivity index (χ0v) is 15.8. The molecule has 6 nitrogen and oxygen atoms in total. The van der Waals surface area contributed by atoms with E-state index in [2.05, 4.69) is 16.0 Å². The Morgan fingerprint density at radius 3 is 2.59 bits per heavy atom. The van der Waals surface area contributed by atoms with Crippen LogP contribution in [0.5, 0.6) is 5.75 Å². The van der Waals surface area contributed by atoms with Gasteiger partial charge in [-0.3, -0.25) is 4.79 Å². The first kappa shape index (κ1) is 18.5. The Bertz CT molecular complexity index is 934. The molecule has 3 rings (SSSR count). The van der Waals surface area contributed by atoms with Gasteiger partial charge in [-0.05, 0) is 55.7 Å². The molecule has 0 saturated heterocycles. The van der Waals surface area contributed by atoms with Crippen LogP contribution >= 0.6 is 0 Å². The number of carbonyl (C=O) groups is 2. The van der Waals surface area contributed by atoms with Gasteiger partial charge in [0.15, 0.2) is 0 Å². The number of carbonyl (C=O) groups excluding carboxylic acids is 2. The van der Waals surface area contributed by atoms with Crippen molar-refractivity contribution < 1.29 is 14.3 Å². The molecule has 0 spiro atoms. The Balaban J connectivity index is 1.98. The molecular formula is C21H23N3O3. The van der Waals surface area contributed by atoms with Gasteiger partial charge in [0.05, 0.1) is 18.7 Å². The van der Waals surface area contributed by atoms with Crippen LogP contribution in [-0.2, 0) is 4.79 Å². The second-order valence-electron chi connectivity index (χ2n) is 6.55. The third-order valence-corrected chi connectivity index (χ3v) is 4.79. The molecule has 0 aliphatic carbocycles. The number of urea groups is 1. The average molecular weight is 365 g/mol. The van der Waals surface area contributed by atoms with Crippen LogP contribution in [0.2, 0.25) is 0 Å². The van der Waals surface area contributed by atoms with Gasteiger partial charge in [0, 0.05) is 11.4 Å². The highest BCUT2D eigenvalue weighted by molar-refractivity contribution is 6.07. The minimum atomic E-state index is -0.570. The van der Waals surface area contributed by atoms with Gasteiger partial charge in [0.1, 0.15) is 5.75 Å². The van der Waals surface area contributed by atoms with Gasteiger partial charge in [-0.2, -0.15) is 0 Å². The number of hydrogen-bond acceptors (Lipinski definition) is 3. The van der Waals surface area contributed by atoms with E-state index < -0.39 is 6.04 Å². The largest absolute Gasteiger partial charge is 0.497 e. The molecule has 0 saturated carbocycles. The fourth-order valence-corrected chi connectivity index (χ4v) is 3.14. The van der Waals surface area contributed by atoms with Crippen LogP contribution < -0.4 is 20.7 Å². The minimum absolute atomic E-state index is 0.262. The molecule has 1 aliphatic heterocycles. The van der Waals surface area contributed by atoms with Gasteiger partial charge in [0.2, 0.25) is 0 Å². The molecule has 0 aromatic heterocycles. The maximum absolute atomic E-state index is 13.1. The summed E-state index contributed by atoms with van der Waals surface area (Å²) in [6.07, 6.45) is 0. The normalized spacial score (nSPS) is 16.4. The molecule has 0 unspecified atom stereocenters. The lowest BCUT2D eigenvalue weighted by molar-refractivity contribution is -0.113. The standard InChI is InChI=1S/C21H23N3O3/c1-12-7-5-10-17(13(12)2)23-20(25)18-14(3)22-21(26)24-19(18)15-8-6-9-16(11-15)27-4/h5-11,19H,1-4H3,(H,23,25)(H2,22,24,26)/t19-/m1/s1. The summed E-state index contributed by atoms with van der Waals surface area (Å²) in [5.74, 6) is 0.397. The van der Waals surface area contributed by atoms with E-state index in [1.165, 1.54) is 0 Å². The van der Waals surface area contributed by atoms with E-state index in [0.717, 1.165) is 22.4 Å². The lowest BCUT2D eigenvalue weighted by Crippen LogP contribution is -2.46. The fourth-order valence-electron chi connectivity index (χ4n) is 3.14. The molecule has 2 aromatic carbocycles. The van der Waals surface area contributed by atoms with Gasteiger partial charge in [-0.15, -0.1) is 0 Å². The first-order valence-corrected chi connectivity index (χ1v) is 8.70. The summed E-state index contributed by atoms with van der Waals surface area (Å²) in [5, 5.41) is 8.50. The van der Waals surface area contributed by atoms with Crippen molar-refractivity contribution in [3.8, 4) is 5.75 Å². The lowest BCUT2D eigenvalue weighted by atomic mass is 9.94. The van der Waals surface area contributed by atoms with Crippen molar-refractivity contribution in [2.45, 2.75) is 26.8 Å². The molecule has 0 radical (unpaired) electrons. The van der Waals surface area contributed by atoms with Crippen LogP contribution in [-0.4, -0.2) is 19.0 Å². The number of rotatable bonds is 4. The highest BCUT2D eigenvalue weighted by Crippen LogP contribution is 2.30. The van der Waals surface area contributed by atoms with Crippen LogP contribution in [0.3, 0.4) is 0 Å². The van der Waals surface area contributed by atoms with Crippen molar-refractivity contribution in [3.63, 3.8) is 0 Å². The number of anilines is 1. The molecule has 0 bridgehead atoms. The summed E-state index contributed by atoms with van der Waals surface area (Å²) in [5.41, 5.74) is 4.61. The van der Waals surface area contributed by atoms with Crippen molar-refractivity contribution in [3.05, 3.63) is 70.4 Å². The molecule has 3 amide bonds. The molecular weight excluding hydrogens is 342 g/mol. The monoisotopic (exact) mass is 365 g/mol. The van der Waals surface area contributed by atoms with E-state index >= 15 is 0 Å². The van der Waals surface area contributed by atoms with E-state index in [4.69, 9.17) is 4.74 Å². The van der Waals surface area contributed by atoms with Crippen LogP contribution in [0.25, 0.3) is 0 Å². The molecule has 140 valence electrons. The number of methoxy groups -OCH3 is 1. The minimum Gasteiger partial charge on any atom is -0.497 e. The lowest BCUT2D eigenvalue weighted by Gasteiger charge is -2.29. The zero-order chi connectivity index (χ0) is 19.6. The fraction of sp³-hybridized carbons (Fsp3) is 0.238. The highest BCUT2D eigenvalue weighted by Gasteiger charge is 2.31. The SMILES string of the molecule is COc1cccc([C@H]2NC(=O)NC(C)=C2C(=O)Nc2cccc(C)c2C)c1. The second-order valence-corrected chi connectivity index (χ2v) is 6.55. The van der Waals surface area contributed by atoms with Crippen LogP contribution in [0, 0.1) is 13.8 Å². The van der Waals surface area contributed by atoms with E-state index in [1.54, 1.807) is 14.0 Å². The predicted molar refractivity (Wildman–Crippen MR) is 105 cm³/mol. The molecule has 2 aromatic rings. The van der Waals surface area contributed by atoms with Gasteiger partial charge in [0.25, 0.3) is 5.91 Å². The first-order valence-electron chi connectivity index (χ1n) is 8.70. The number of nitrogens with one attached hydrogen (secondary N) is 3. The zero-order valence-electron chi connectivity index (χ0n) is 15.8. The molecule has 1 atom stereocenters. The molecule has 27 heavy (non-hydrogen) atoms. The van der Waals surface area contributed by atoms with Crippen LogP contribution in [0.4, 0.5) is 10.5 Å². The number of aryl methyl sites for hydroxylation is 1. The van der Waals surface area contributed by atoms with Gasteiger partial charge >= 0.3 is 6.03 Å². The molecule has 6 heteroatoms. The third-order valence-electron chi connectivity index (χ3n) is 4.79. The summed E-state index contributed by atoms with van der Waals surface area (Å²) in [4.78, 5) is 25.1. The summed E-state index contributed by atoms with van der Waals surface area (Å²) in [6, 6.07) is 12.2. The second kappa shape index (κ2) is 7.53. The quantitative estimate of drug-likeness (QED) is 0.775.